The molecule has 0 bridgehead atoms. The topological polar surface area (TPSA) is 78.9 Å². The molecular formula is C58H94O6. The van der Waals surface area contributed by atoms with Gasteiger partial charge in [-0.05, 0) is 89.9 Å². The summed E-state index contributed by atoms with van der Waals surface area (Å²) in [6.07, 6.45) is 69.2. The molecule has 0 aromatic heterocycles. The lowest BCUT2D eigenvalue weighted by Gasteiger charge is -2.18. The van der Waals surface area contributed by atoms with Crippen molar-refractivity contribution in [3.8, 4) is 0 Å². The number of carbonyl (C=O) groups is 3. The van der Waals surface area contributed by atoms with Crippen LogP contribution in [0.3, 0.4) is 0 Å². The van der Waals surface area contributed by atoms with E-state index in [2.05, 4.69) is 99.8 Å². The molecule has 6 heteroatoms. The molecule has 362 valence electrons. The normalized spacial score (nSPS) is 13.0. The van der Waals surface area contributed by atoms with Crippen LogP contribution in [-0.2, 0) is 28.6 Å². The molecule has 0 aromatic carbocycles. The number of hydrogen-bond donors (Lipinski definition) is 0. The molecule has 0 heterocycles. The number of carbonyl (C=O) groups excluding carboxylic acids is 3. The molecule has 0 aliphatic carbocycles. The van der Waals surface area contributed by atoms with Crippen LogP contribution < -0.4 is 0 Å². The second kappa shape index (κ2) is 51.7. The summed E-state index contributed by atoms with van der Waals surface area (Å²) in [6, 6.07) is 0. The van der Waals surface area contributed by atoms with Crippen molar-refractivity contribution in [2.45, 2.75) is 226 Å². The van der Waals surface area contributed by atoms with Crippen LogP contribution in [-0.4, -0.2) is 37.2 Å². The second-order valence-electron chi connectivity index (χ2n) is 16.9. The van der Waals surface area contributed by atoms with Crippen LogP contribution in [0.15, 0.2) is 109 Å². The molecule has 0 saturated carbocycles. The average Bonchev–Trinajstić information content (AvgIpc) is 3.29. The van der Waals surface area contributed by atoms with E-state index in [0.29, 0.717) is 19.3 Å². The fourth-order valence-electron chi connectivity index (χ4n) is 6.65. The van der Waals surface area contributed by atoms with Crippen molar-refractivity contribution < 1.29 is 28.6 Å². The molecule has 0 aromatic rings. The summed E-state index contributed by atoms with van der Waals surface area (Å²) in [6.45, 7) is 6.40. The molecule has 64 heavy (non-hydrogen) atoms. The van der Waals surface area contributed by atoms with Gasteiger partial charge in [-0.1, -0.05) is 220 Å². The van der Waals surface area contributed by atoms with Gasteiger partial charge < -0.3 is 14.2 Å². The Morgan fingerprint density at radius 2 is 0.672 bits per heavy atom. The lowest BCUT2D eigenvalue weighted by atomic mass is 10.1. The summed E-state index contributed by atoms with van der Waals surface area (Å²) in [4.78, 5) is 38.0. The first-order chi connectivity index (χ1) is 31.5. The molecule has 0 aliphatic heterocycles. The summed E-state index contributed by atoms with van der Waals surface area (Å²) in [5, 5.41) is 0. The van der Waals surface area contributed by atoms with Gasteiger partial charge in [-0.2, -0.15) is 0 Å². The highest BCUT2D eigenvalue weighted by Gasteiger charge is 2.19. The molecule has 0 radical (unpaired) electrons. The lowest BCUT2D eigenvalue weighted by Crippen LogP contribution is -2.30. The number of hydrogen-bond acceptors (Lipinski definition) is 6. The maximum atomic E-state index is 12.8. The molecule has 1 atom stereocenters. The Morgan fingerprint density at radius 3 is 1.14 bits per heavy atom. The smallest absolute Gasteiger partial charge is 0.306 e. The van der Waals surface area contributed by atoms with E-state index in [4.69, 9.17) is 14.2 Å². The third-order valence-corrected chi connectivity index (χ3v) is 10.6. The van der Waals surface area contributed by atoms with Gasteiger partial charge in [-0.25, -0.2) is 0 Å². The third-order valence-electron chi connectivity index (χ3n) is 10.6. The fourth-order valence-corrected chi connectivity index (χ4v) is 6.65. The van der Waals surface area contributed by atoms with E-state index >= 15 is 0 Å². The number of esters is 3. The van der Waals surface area contributed by atoms with Crippen molar-refractivity contribution in [3.63, 3.8) is 0 Å². The van der Waals surface area contributed by atoms with Crippen LogP contribution in [0.5, 0.6) is 0 Å². The van der Waals surface area contributed by atoms with Gasteiger partial charge in [0.05, 0.1) is 0 Å². The number of unbranched alkanes of at least 4 members (excludes halogenated alkanes) is 21. The zero-order valence-electron chi connectivity index (χ0n) is 41.3. The molecule has 6 nitrogen and oxygen atoms in total. The molecule has 0 fully saturated rings. The number of ether oxygens (including phenoxy) is 3. The van der Waals surface area contributed by atoms with Gasteiger partial charge in [0.2, 0.25) is 0 Å². The third kappa shape index (κ3) is 49.1. The van der Waals surface area contributed by atoms with Crippen LogP contribution >= 0.6 is 0 Å². The van der Waals surface area contributed by atoms with E-state index in [0.717, 1.165) is 109 Å². The van der Waals surface area contributed by atoms with Crippen molar-refractivity contribution in [3.05, 3.63) is 109 Å². The Balaban J connectivity index is 4.48. The first-order valence-corrected chi connectivity index (χ1v) is 26.0. The van der Waals surface area contributed by atoms with Gasteiger partial charge in [0.15, 0.2) is 6.10 Å². The van der Waals surface area contributed by atoms with Gasteiger partial charge in [0, 0.05) is 19.3 Å². The summed E-state index contributed by atoms with van der Waals surface area (Å²) >= 11 is 0. The summed E-state index contributed by atoms with van der Waals surface area (Å²) in [5.41, 5.74) is 0. The molecule has 0 saturated heterocycles. The highest BCUT2D eigenvalue weighted by molar-refractivity contribution is 5.71. The van der Waals surface area contributed by atoms with Crippen molar-refractivity contribution >= 4 is 17.9 Å². The number of allylic oxidation sites excluding steroid dienone is 18. The maximum Gasteiger partial charge on any atom is 0.306 e. The van der Waals surface area contributed by atoms with Crippen LogP contribution in [0, 0.1) is 0 Å². The molecule has 0 amide bonds. The molecule has 0 rings (SSSR count). The molecular weight excluding hydrogens is 793 g/mol. The monoisotopic (exact) mass is 887 g/mol. The summed E-state index contributed by atoms with van der Waals surface area (Å²) in [5.74, 6) is -0.970. The van der Waals surface area contributed by atoms with Gasteiger partial charge >= 0.3 is 17.9 Å². The fraction of sp³-hybridized carbons (Fsp3) is 0.638. The van der Waals surface area contributed by atoms with Gasteiger partial charge in [-0.3, -0.25) is 14.4 Å². The number of rotatable bonds is 45. The highest BCUT2D eigenvalue weighted by Crippen LogP contribution is 2.13. The van der Waals surface area contributed by atoms with Crippen LogP contribution in [0.25, 0.3) is 0 Å². The molecule has 0 spiro atoms. The minimum absolute atomic E-state index is 0.105. The first kappa shape index (κ1) is 60.1. The summed E-state index contributed by atoms with van der Waals surface area (Å²) in [7, 11) is 0. The Kier molecular flexibility index (Phi) is 48.5. The SMILES string of the molecule is CCC\C=C/C=C\C=C/C=C\C=C/CCCCCCCC(=O)OCC(COC(=O)CCCCC/C=C\C=C/CCCC)OC(=O)CCCCCCCCC/C=C\C/C=C\CCCCC. The standard InChI is InChI=1S/C58H94O6/c1-4-7-10-13-16-19-22-24-26-28-30-31-33-36-39-42-45-48-51-57(60)63-54-55(53-62-56(59)50-47-44-41-38-35-21-18-15-12-9-6-3)64-58(61)52-49-46-43-40-37-34-32-29-27-25-23-20-17-14-11-8-5-2/h10,13,15-22,24-28,30-31,35,55H,4-9,11-12,14,23,29,32-34,36-54H2,1-3H3/b13-10-,18-15-,19-16-,20-17-,24-22-,27-25-,28-26-,31-30-,35-21-. The van der Waals surface area contributed by atoms with E-state index in [1.165, 1.54) is 70.6 Å². The lowest BCUT2D eigenvalue weighted by molar-refractivity contribution is -0.167. The predicted octanol–water partition coefficient (Wildman–Crippen LogP) is 17.1. The van der Waals surface area contributed by atoms with Crippen molar-refractivity contribution in [2.75, 3.05) is 13.2 Å². The van der Waals surface area contributed by atoms with E-state index in [1.54, 1.807) is 0 Å². The van der Waals surface area contributed by atoms with Crippen molar-refractivity contribution in [1.82, 2.24) is 0 Å². The minimum Gasteiger partial charge on any atom is -0.462 e. The van der Waals surface area contributed by atoms with E-state index in [-0.39, 0.29) is 31.1 Å². The van der Waals surface area contributed by atoms with Crippen LogP contribution in [0.2, 0.25) is 0 Å². The Bertz CT molecular complexity index is 1340. The largest absolute Gasteiger partial charge is 0.462 e. The zero-order chi connectivity index (χ0) is 46.5. The Hall–Kier alpha value is -3.93. The van der Waals surface area contributed by atoms with Gasteiger partial charge in [0.1, 0.15) is 13.2 Å². The maximum absolute atomic E-state index is 12.8. The van der Waals surface area contributed by atoms with E-state index in [1.807, 2.05) is 30.4 Å². The first-order valence-electron chi connectivity index (χ1n) is 26.0. The van der Waals surface area contributed by atoms with Gasteiger partial charge in [-0.15, -0.1) is 0 Å². The van der Waals surface area contributed by atoms with Crippen LogP contribution in [0.1, 0.15) is 220 Å². The zero-order valence-corrected chi connectivity index (χ0v) is 41.3. The summed E-state index contributed by atoms with van der Waals surface area (Å²) < 4.78 is 16.7. The van der Waals surface area contributed by atoms with Crippen molar-refractivity contribution in [2.24, 2.45) is 0 Å². The molecule has 1 unspecified atom stereocenters. The highest BCUT2D eigenvalue weighted by atomic mass is 16.6. The second-order valence-corrected chi connectivity index (χ2v) is 16.9. The van der Waals surface area contributed by atoms with E-state index < -0.39 is 6.10 Å². The minimum atomic E-state index is -0.805. The predicted molar refractivity (Wildman–Crippen MR) is 274 cm³/mol. The quantitative estimate of drug-likeness (QED) is 0.0199. The molecule has 0 aliphatic rings. The Labute approximate surface area is 393 Å². The Morgan fingerprint density at radius 1 is 0.328 bits per heavy atom. The van der Waals surface area contributed by atoms with Gasteiger partial charge in [0.25, 0.3) is 0 Å². The van der Waals surface area contributed by atoms with Crippen molar-refractivity contribution in [1.29, 1.82) is 0 Å². The average molecular weight is 887 g/mol. The molecule has 0 N–H and O–H groups in total. The van der Waals surface area contributed by atoms with Crippen LogP contribution in [0.4, 0.5) is 0 Å². The van der Waals surface area contributed by atoms with E-state index in [9.17, 15) is 14.4 Å².